The minimum Gasteiger partial charge on any atom is -0.335 e. The summed E-state index contributed by atoms with van der Waals surface area (Å²) in [6.45, 7) is 0.585. The molecule has 0 fully saturated rings. The van der Waals surface area contributed by atoms with Gasteiger partial charge in [-0.3, -0.25) is 4.84 Å². The molecule has 0 saturated carbocycles. The van der Waals surface area contributed by atoms with E-state index in [0.29, 0.717) is 12.5 Å². The first-order valence-electron chi connectivity index (χ1n) is 2.29. The van der Waals surface area contributed by atoms with Crippen LogP contribution in [0.25, 0.3) is 0 Å². The largest absolute Gasteiger partial charge is 0.335 e. The second-order valence-corrected chi connectivity index (χ2v) is 1.48. The van der Waals surface area contributed by atoms with E-state index in [1.807, 2.05) is 6.08 Å². The molecule has 0 amide bonds. The van der Waals surface area contributed by atoms with Crippen LogP contribution in [0.2, 0.25) is 0 Å². The van der Waals surface area contributed by atoms with Crippen molar-refractivity contribution in [2.24, 2.45) is 5.16 Å². The maximum Gasteiger partial charge on any atom is 0.253 e. The molecule has 2 aliphatic rings. The van der Waals surface area contributed by atoms with Gasteiger partial charge in [-0.15, -0.1) is 0 Å². The van der Waals surface area contributed by atoms with E-state index in [4.69, 9.17) is 9.68 Å². The van der Waals surface area contributed by atoms with Crippen molar-refractivity contribution in [3.05, 3.63) is 12.0 Å². The Morgan fingerprint density at radius 3 is 3.62 bits per heavy atom. The van der Waals surface area contributed by atoms with Gasteiger partial charge in [0, 0.05) is 6.08 Å². The van der Waals surface area contributed by atoms with Crippen molar-refractivity contribution in [1.82, 2.24) is 5.06 Å². The first kappa shape index (κ1) is 3.91. The van der Waals surface area contributed by atoms with Crippen molar-refractivity contribution in [3.63, 3.8) is 0 Å². The summed E-state index contributed by atoms with van der Waals surface area (Å²) >= 11 is 0. The van der Waals surface area contributed by atoms with Gasteiger partial charge in [-0.05, 0) is 0 Å². The van der Waals surface area contributed by atoms with Gasteiger partial charge in [0.15, 0.2) is 6.34 Å². The van der Waals surface area contributed by atoms with Gasteiger partial charge in [-0.1, -0.05) is 5.16 Å². The van der Waals surface area contributed by atoms with E-state index in [0.717, 1.165) is 0 Å². The van der Waals surface area contributed by atoms with Crippen LogP contribution >= 0.6 is 0 Å². The second kappa shape index (κ2) is 1.23. The Kier molecular flexibility index (Phi) is 0.599. The quantitative estimate of drug-likeness (QED) is 0.444. The number of hydrogen-bond donors (Lipinski definition) is 0. The number of nitrogens with zero attached hydrogens (tertiary/aromatic N) is 2. The summed E-state index contributed by atoms with van der Waals surface area (Å²) in [5.41, 5.74) is 0. The Morgan fingerprint density at radius 1 is 1.75 bits per heavy atom. The van der Waals surface area contributed by atoms with Crippen LogP contribution in [0.3, 0.4) is 0 Å². The standard InChI is InChI=1S/C4H4N2O2/c1-2-7-6-3-5-8-4(1)6/h1,3H,2H2. The van der Waals surface area contributed by atoms with E-state index >= 15 is 0 Å². The number of oxime groups is 1. The molecule has 0 aromatic heterocycles. The number of rotatable bonds is 0. The minimum absolute atomic E-state index is 0.585. The summed E-state index contributed by atoms with van der Waals surface area (Å²) in [5, 5.41) is 4.96. The molecule has 0 spiro atoms. The van der Waals surface area contributed by atoms with Crippen molar-refractivity contribution in [2.75, 3.05) is 6.61 Å². The van der Waals surface area contributed by atoms with Gasteiger partial charge >= 0.3 is 0 Å². The van der Waals surface area contributed by atoms with Crippen LogP contribution in [0.5, 0.6) is 0 Å². The van der Waals surface area contributed by atoms with Crippen LogP contribution in [0, 0.1) is 0 Å². The Morgan fingerprint density at radius 2 is 2.75 bits per heavy atom. The lowest BCUT2D eigenvalue weighted by Gasteiger charge is -2.01. The SMILES string of the molecule is C1=NOC2=CCON12. The molecule has 0 radical (unpaired) electrons. The van der Waals surface area contributed by atoms with Crippen LogP contribution in [-0.4, -0.2) is 18.0 Å². The molecule has 0 aliphatic carbocycles. The van der Waals surface area contributed by atoms with Gasteiger partial charge in [0.05, 0.1) is 6.61 Å². The van der Waals surface area contributed by atoms with Crippen LogP contribution in [-0.2, 0) is 9.68 Å². The third kappa shape index (κ3) is 0.350. The molecule has 0 saturated heterocycles. The molecule has 0 N–H and O–H groups in total. The van der Waals surface area contributed by atoms with Gasteiger partial charge in [-0.2, -0.15) is 5.06 Å². The summed E-state index contributed by atoms with van der Waals surface area (Å²) in [6.07, 6.45) is 3.30. The van der Waals surface area contributed by atoms with Crippen molar-refractivity contribution < 1.29 is 9.68 Å². The lowest BCUT2D eigenvalue weighted by atomic mass is 10.6. The summed E-state index contributed by atoms with van der Waals surface area (Å²) < 4.78 is 0. The summed E-state index contributed by atoms with van der Waals surface area (Å²) in [5.74, 6) is 0.671. The van der Waals surface area contributed by atoms with E-state index < -0.39 is 0 Å². The fraction of sp³-hybridized carbons (Fsp3) is 0.250. The van der Waals surface area contributed by atoms with E-state index in [2.05, 4.69) is 5.16 Å². The maximum absolute atomic E-state index is 4.94. The smallest absolute Gasteiger partial charge is 0.253 e. The Bertz CT molecular complexity index is 163. The average molecular weight is 112 g/mol. The molecule has 2 heterocycles. The predicted octanol–water partition coefficient (Wildman–Crippen LogP) is 0.0485. The minimum atomic E-state index is 0.585. The molecule has 8 heavy (non-hydrogen) atoms. The molecule has 0 bridgehead atoms. The fourth-order valence-corrected chi connectivity index (χ4v) is 0.631. The molecule has 0 unspecified atom stereocenters. The topological polar surface area (TPSA) is 34.1 Å². The molecule has 42 valence electrons. The Labute approximate surface area is 45.9 Å². The zero-order valence-corrected chi connectivity index (χ0v) is 4.07. The van der Waals surface area contributed by atoms with Crippen LogP contribution in [0.4, 0.5) is 0 Å². The van der Waals surface area contributed by atoms with Crippen molar-refractivity contribution in [1.29, 1.82) is 0 Å². The third-order valence-corrected chi connectivity index (χ3v) is 0.987. The van der Waals surface area contributed by atoms with E-state index in [1.165, 1.54) is 11.4 Å². The molecular weight excluding hydrogens is 108 g/mol. The maximum atomic E-state index is 4.94. The normalized spacial score (nSPS) is 23.0. The summed E-state index contributed by atoms with van der Waals surface area (Å²) in [7, 11) is 0. The summed E-state index contributed by atoms with van der Waals surface area (Å²) in [6, 6.07) is 0. The number of fused-ring (bicyclic) bond motifs is 1. The van der Waals surface area contributed by atoms with Crippen LogP contribution < -0.4 is 0 Å². The molecule has 2 aliphatic heterocycles. The lowest BCUT2D eigenvalue weighted by Crippen LogP contribution is -2.10. The third-order valence-electron chi connectivity index (χ3n) is 0.987. The highest BCUT2D eigenvalue weighted by Crippen LogP contribution is 2.16. The van der Waals surface area contributed by atoms with E-state index in [1.54, 1.807) is 0 Å². The molecule has 0 atom stereocenters. The first-order chi connectivity index (χ1) is 3.97. The van der Waals surface area contributed by atoms with Gasteiger partial charge in [0.1, 0.15) is 0 Å². The molecule has 2 rings (SSSR count). The van der Waals surface area contributed by atoms with Gasteiger partial charge < -0.3 is 4.84 Å². The lowest BCUT2D eigenvalue weighted by molar-refractivity contribution is -0.0508. The molecule has 4 nitrogen and oxygen atoms in total. The zero-order valence-electron chi connectivity index (χ0n) is 4.07. The first-order valence-corrected chi connectivity index (χ1v) is 2.29. The van der Waals surface area contributed by atoms with Crippen LogP contribution in [0.15, 0.2) is 17.1 Å². The van der Waals surface area contributed by atoms with Gasteiger partial charge in [0.2, 0.25) is 0 Å². The monoisotopic (exact) mass is 112 g/mol. The van der Waals surface area contributed by atoms with Crippen LogP contribution in [0.1, 0.15) is 0 Å². The molecular formula is C4H4N2O2. The Balaban J connectivity index is 2.28. The van der Waals surface area contributed by atoms with Crippen molar-refractivity contribution >= 4 is 6.34 Å². The fourth-order valence-electron chi connectivity index (χ4n) is 0.631. The molecule has 0 aromatic rings. The van der Waals surface area contributed by atoms with Crippen molar-refractivity contribution in [2.45, 2.75) is 0 Å². The van der Waals surface area contributed by atoms with E-state index in [9.17, 15) is 0 Å². The number of hydroxylamine groups is 2. The highest BCUT2D eigenvalue weighted by molar-refractivity contribution is 5.57. The highest BCUT2D eigenvalue weighted by atomic mass is 16.8. The van der Waals surface area contributed by atoms with Gasteiger partial charge in [0.25, 0.3) is 5.88 Å². The number of hydrogen-bond acceptors (Lipinski definition) is 4. The molecule has 4 heteroatoms. The molecule has 0 aromatic carbocycles. The predicted molar refractivity (Wildman–Crippen MR) is 25.5 cm³/mol. The highest BCUT2D eigenvalue weighted by Gasteiger charge is 2.20. The zero-order chi connectivity index (χ0) is 5.40. The van der Waals surface area contributed by atoms with Crippen molar-refractivity contribution in [3.8, 4) is 0 Å². The van der Waals surface area contributed by atoms with E-state index in [-0.39, 0.29) is 0 Å². The summed E-state index contributed by atoms with van der Waals surface area (Å²) in [4.78, 5) is 9.65. The Hall–Kier alpha value is -1.03. The average Bonchev–Trinajstić information content (AvgIpc) is 2.15. The second-order valence-electron chi connectivity index (χ2n) is 1.48. The van der Waals surface area contributed by atoms with Gasteiger partial charge in [-0.25, -0.2) is 0 Å².